The van der Waals surface area contributed by atoms with E-state index in [0.29, 0.717) is 19.6 Å². The summed E-state index contributed by atoms with van der Waals surface area (Å²) >= 11 is 0. The van der Waals surface area contributed by atoms with Gasteiger partial charge in [0.1, 0.15) is 0 Å². The average Bonchev–Trinajstić information content (AvgIpc) is 2.78. The third kappa shape index (κ3) is 4.37. The predicted octanol–water partition coefficient (Wildman–Crippen LogP) is 0.579. The quantitative estimate of drug-likeness (QED) is 0.701. The van der Waals surface area contributed by atoms with Crippen molar-refractivity contribution >= 4 is 6.03 Å². The van der Waals surface area contributed by atoms with E-state index in [-0.39, 0.29) is 18.7 Å². The minimum absolute atomic E-state index is 0.00729. The van der Waals surface area contributed by atoms with E-state index >= 15 is 0 Å². The van der Waals surface area contributed by atoms with Gasteiger partial charge in [-0.15, -0.1) is 0 Å². The summed E-state index contributed by atoms with van der Waals surface area (Å²) in [5, 5.41) is 11.7. The molecule has 1 aliphatic rings. The number of nitrogens with one attached hydrogen (secondary N) is 1. The molecule has 0 spiro atoms. The van der Waals surface area contributed by atoms with Crippen LogP contribution in [-0.4, -0.2) is 55.0 Å². The summed E-state index contributed by atoms with van der Waals surface area (Å²) in [6.45, 7) is 4.47. The van der Waals surface area contributed by atoms with E-state index in [9.17, 15) is 4.79 Å². The Morgan fingerprint density at radius 3 is 2.94 bits per heavy atom. The van der Waals surface area contributed by atoms with E-state index in [0.717, 1.165) is 25.9 Å². The molecule has 1 heterocycles. The molecule has 1 rings (SSSR count). The Bertz CT molecular complexity index is 199. The summed E-state index contributed by atoms with van der Waals surface area (Å²) in [5.74, 6) is 0. The molecular weight excluding hydrogens is 208 g/mol. The number of hydrogen-bond donors (Lipinski definition) is 2. The molecule has 94 valence electrons. The van der Waals surface area contributed by atoms with E-state index in [2.05, 4.69) is 5.32 Å². The van der Waals surface area contributed by atoms with Gasteiger partial charge in [-0.25, -0.2) is 4.79 Å². The molecule has 2 amide bonds. The first kappa shape index (κ1) is 13.3. The largest absolute Gasteiger partial charge is 0.395 e. The zero-order chi connectivity index (χ0) is 11.8. The molecule has 16 heavy (non-hydrogen) atoms. The van der Waals surface area contributed by atoms with E-state index in [1.54, 1.807) is 4.90 Å². The smallest absolute Gasteiger partial charge is 0.317 e. The van der Waals surface area contributed by atoms with Gasteiger partial charge in [0.25, 0.3) is 0 Å². The lowest BCUT2D eigenvalue weighted by Crippen LogP contribution is -2.44. The van der Waals surface area contributed by atoms with Crippen molar-refractivity contribution in [3.05, 3.63) is 0 Å². The van der Waals surface area contributed by atoms with Gasteiger partial charge in [0.15, 0.2) is 0 Å². The van der Waals surface area contributed by atoms with Gasteiger partial charge in [0.05, 0.1) is 12.7 Å². The summed E-state index contributed by atoms with van der Waals surface area (Å²) in [5.41, 5.74) is 0. The standard InChI is InChI=1S/C11H22N2O3/c1-2-5-13(6-7-14)11(15)12-9-10-4-3-8-16-10/h10,14H,2-9H2,1H3,(H,12,15). The number of amides is 2. The zero-order valence-electron chi connectivity index (χ0n) is 9.95. The third-order valence-electron chi connectivity index (χ3n) is 2.66. The van der Waals surface area contributed by atoms with Crippen LogP contribution in [0.2, 0.25) is 0 Å². The number of aliphatic hydroxyl groups is 1. The summed E-state index contributed by atoms with van der Waals surface area (Å²) < 4.78 is 5.42. The normalized spacial score (nSPS) is 19.8. The molecule has 5 nitrogen and oxygen atoms in total. The fourth-order valence-electron chi connectivity index (χ4n) is 1.82. The molecule has 0 aliphatic carbocycles. The molecule has 1 unspecified atom stereocenters. The first-order valence-electron chi connectivity index (χ1n) is 6.03. The Hall–Kier alpha value is -0.810. The Kier molecular flexibility index (Phi) is 6.18. The van der Waals surface area contributed by atoms with Crippen molar-refractivity contribution < 1.29 is 14.6 Å². The molecule has 0 aromatic heterocycles. The van der Waals surface area contributed by atoms with Crippen molar-refractivity contribution in [2.45, 2.75) is 32.3 Å². The minimum atomic E-state index is -0.105. The first-order valence-corrected chi connectivity index (χ1v) is 6.03. The number of carbonyl (C=O) groups is 1. The minimum Gasteiger partial charge on any atom is -0.395 e. The van der Waals surface area contributed by atoms with Crippen molar-refractivity contribution in [1.82, 2.24) is 10.2 Å². The first-order chi connectivity index (χ1) is 7.77. The lowest BCUT2D eigenvalue weighted by Gasteiger charge is -2.22. The van der Waals surface area contributed by atoms with Crippen LogP contribution in [0.5, 0.6) is 0 Å². The number of hydrogen-bond acceptors (Lipinski definition) is 3. The van der Waals surface area contributed by atoms with Crippen LogP contribution in [0.4, 0.5) is 4.79 Å². The lowest BCUT2D eigenvalue weighted by molar-refractivity contribution is 0.108. The number of aliphatic hydroxyl groups excluding tert-OH is 1. The van der Waals surface area contributed by atoms with Gasteiger partial charge in [-0.1, -0.05) is 6.92 Å². The monoisotopic (exact) mass is 230 g/mol. The molecule has 1 atom stereocenters. The van der Waals surface area contributed by atoms with Gasteiger partial charge in [0, 0.05) is 26.2 Å². The zero-order valence-corrected chi connectivity index (χ0v) is 9.95. The topological polar surface area (TPSA) is 61.8 Å². The predicted molar refractivity (Wildman–Crippen MR) is 61.3 cm³/mol. The van der Waals surface area contributed by atoms with Gasteiger partial charge in [-0.3, -0.25) is 0 Å². The maximum atomic E-state index is 11.7. The van der Waals surface area contributed by atoms with Crippen LogP contribution in [0.25, 0.3) is 0 Å². The highest BCUT2D eigenvalue weighted by Gasteiger charge is 2.18. The van der Waals surface area contributed by atoms with Crippen LogP contribution < -0.4 is 5.32 Å². The van der Waals surface area contributed by atoms with Crippen molar-refractivity contribution in [3.63, 3.8) is 0 Å². The number of ether oxygens (including phenoxy) is 1. The molecule has 0 aromatic rings. The van der Waals surface area contributed by atoms with E-state index in [4.69, 9.17) is 9.84 Å². The summed E-state index contributed by atoms with van der Waals surface area (Å²) in [6.07, 6.45) is 3.17. The van der Waals surface area contributed by atoms with Crippen LogP contribution in [0.15, 0.2) is 0 Å². The van der Waals surface area contributed by atoms with Gasteiger partial charge in [-0.05, 0) is 19.3 Å². The maximum Gasteiger partial charge on any atom is 0.317 e. The molecule has 5 heteroatoms. The molecular formula is C11H22N2O3. The summed E-state index contributed by atoms with van der Waals surface area (Å²) in [4.78, 5) is 13.4. The lowest BCUT2D eigenvalue weighted by atomic mass is 10.2. The molecule has 1 fully saturated rings. The van der Waals surface area contributed by atoms with Crippen LogP contribution in [0, 0.1) is 0 Å². The number of rotatable bonds is 6. The second-order valence-electron chi connectivity index (χ2n) is 4.03. The third-order valence-corrected chi connectivity index (χ3v) is 2.66. The number of urea groups is 1. The SMILES string of the molecule is CCCN(CCO)C(=O)NCC1CCCO1. The Balaban J connectivity index is 2.24. The van der Waals surface area contributed by atoms with Crippen LogP contribution in [-0.2, 0) is 4.74 Å². The summed E-state index contributed by atoms with van der Waals surface area (Å²) in [7, 11) is 0. The van der Waals surface area contributed by atoms with E-state index in [1.165, 1.54) is 0 Å². The van der Waals surface area contributed by atoms with Gasteiger partial charge in [-0.2, -0.15) is 0 Å². The average molecular weight is 230 g/mol. The Labute approximate surface area is 96.8 Å². The molecule has 2 N–H and O–H groups in total. The van der Waals surface area contributed by atoms with Gasteiger partial charge >= 0.3 is 6.03 Å². The fraction of sp³-hybridized carbons (Fsp3) is 0.909. The maximum absolute atomic E-state index is 11.7. The molecule has 1 saturated heterocycles. The van der Waals surface area contributed by atoms with E-state index < -0.39 is 0 Å². The van der Waals surface area contributed by atoms with Gasteiger partial charge < -0.3 is 20.1 Å². The van der Waals surface area contributed by atoms with Crippen molar-refractivity contribution in [2.75, 3.05) is 32.8 Å². The van der Waals surface area contributed by atoms with Crippen molar-refractivity contribution in [2.24, 2.45) is 0 Å². The fourth-order valence-corrected chi connectivity index (χ4v) is 1.82. The number of carbonyl (C=O) groups excluding carboxylic acids is 1. The van der Waals surface area contributed by atoms with Crippen LogP contribution in [0.3, 0.4) is 0 Å². The van der Waals surface area contributed by atoms with Crippen LogP contribution >= 0.6 is 0 Å². The highest BCUT2D eigenvalue weighted by atomic mass is 16.5. The molecule has 0 aromatic carbocycles. The summed E-state index contributed by atoms with van der Waals surface area (Å²) in [6, 6.07) is -0.105. The Morgan fingerprint density at radius 1 is 1.56 bits per heavy atom. The van der Waals surface area contributed by atoms with Crippen molar-refractivity contribution in [1.29, 1.82) is 0 Å². The molecule has 1 aliphatic heterocycles. The van der Waals surface area contributed by atoms with Crippen molar-refractivity contribution in [3.8, 4) is 0 Å². The highest BCUT2D eigenvalue weighted by molar-refractivity contribution is 5.74. The van der Waals surface area contributed by atoms with Gasteiger partial charge in [0.2, 0.25) is 0 Å². The number of nitrogens with zero attached hydrogens (tertiary/aromatic N) is 1. The Morgan fingerprint density at radius 2 is 2.38 bits per heavy atom. The van der Waals surface area contributed by atoms with Crippen LogP contribution in [0.1, 0.15) is 26.2 Å². The molecule has 0 saturated carbocycles. The molecule has 0 bridgehead atoms. The second kappa shape index (κ2) is 7.46. The second-order valence-corrected chi connectivity index (χ2v) is 4.03. The highest BCUT2D eigenvalue weighted by Crippen LogP contribution is 2.10. The van der Waals surface area contributed by atoms with E-state index in [1.807, 2.05) is 6.92 Å². The molecule has 0 radical (unpaired) electrons.